The van der Waals surface area contributed by atoms with Crippen LogP contribution in [0.4, 0.5) is 0 Å². The van der Waals surface area contributed by atoms with Crippen molar-refractivity contribution in [1.29, 1.82) is 0 Å². The van der Waals surface area contributed by atoms with Gasteiger partial charge in [0.15, 0.2) is 5.78 Å². The molecule has 1 aliphatic rings. The zero-order chi connectivity index (χ0) is 12.5. The highest BCUT2D eigenvalue weighted by molar-refractivity contribution is 8.01. The first-order chi connectivity index (χ1) is 7.34. The van der Waals surface area contributed by atoms with Crippen molar-refractivity contribution in [3.8, 4) is 0 Å². The molecule has 5 heteroatoms. The standard InChI is InChI=1S/C11H17NO3S/c1-6(2)16-9-5-10(14)12(11(9)15)7(3)8(4)13/h6-7,9H,5H2,1-4H3. The van der Waals surface area contributed by atoms with E-state index >= 15 is 0 Å². The van der Waals surface area contributed by atoms with Crippen LogP contribution in [-0.2, 0) is 14.4 Å². The van der Waals surface area contributed by atoms with Gasteiger partial charge in [0.05, 0.1) is 11.3 Å². The maximum absolute atomic E-state index is 11.9. The molecule has 1 heterocycles. The van der Waals surface area contributed by atoms with Crippen molar-refractivity contribution in [1.82, 2.24) is 4.90 Å². The molecule has 0 radical (unpaired) electrons. The summed E-state index contributed by atoms with van der Waals surface area (Å²) in [5, 5.41) is -0.0105. The van der Waals surface area contributed by atoms with Gasteiger partial charge in [0.1, 0.15) is 0 Å². The van der Waals surface area contributed by atoms with E-state index in [1.807, 2.05) is 13.8 Å². The highest BCUT2D eigenvalue weighted by Crippen LogP contribution is 2.29. The molecule has 0 aromatic rings. The van der Waals surface area contributed by atoms with Crippen LogP contribution >= 0.6 is 11.8 Å². The van der Waals surface area contributed by atoms with E-state index in [4.69, 9.17) is 0 Å². The molecule has 2 atom stereocenters. The van der Waals surface area contributed by atoms with Crippen LogP contribution < -0.4 is 0 Å². The minimum Gasteiger partial charge on any atom is -0.298 e. The number of carbonyl (C=O) groups is 3. The van der Waals surface area contributed by atoms with Gasteiger partial charge in [-0.2, -0.15) is 0 Å². The topological polar surface area (TPSA) is 54.5 Å². The molecule has 0 spiro atoms. The molecular weight excluding hydrogens is 226 g/mol. The predicted molar refractivity (Wildman–Crippen MR) is 63.1 cm³/mol. The van der Waals surface area contributed by atoms with Gasteiger partial charge < -0.3 is 0 Å². The second kappa shape index (κ2) is 4.99. The SMILES string of the molecule is CC(=O)C(C)N1C(=O)CC(SC(C)C)C1=O. The normalized spacial score (nSPS) is 23.1. The molecule has 16 heavy (non-hydrogen) atoms. The average molecular weight is 243 g/mol. The summed E-state index contributed by atoms with van der Waals surface area (Å²) in [7, 11) is 0. The van der Waals surface area contributed by atoms with Gasteiger partial charge in [-0.3, -0.25) is 19.3 Å². The largest absolute Gasteiger partial charge is 0.298 e. The number of amides is 2. The summed E-state index contributed by atoms with van der Waals surface area (Å²) in [4.78, 5) is 35.9. The third kappa shape index (κ3) is 2.64. The highest BCUT2D eigenvalue weighted by atomic mass is 32.2. The zero-order valence-electron chi connectivity index (χ0n) is 10.0. The van der Waals surface area contributed by atoms with Crippen molar-refractivity contribution in [3.63, 3.8) is 0 Å². The van der Waals surface area contributed by atoms with Gasteiger partial charge in [0.2, 0.25) is 11.8 Å². The van der Waals surface area contributed by atoms with Gasteiger partial charge >= 0.3 is 0 Å². The Morgan fingerprint density at radius 2 is 1.94 bits per heavy atom. The molecule has 2 unspecified atom stereocenters. The molecule has 1 rings (SSSR count). The monoisotopic (exact) mass is 243 g/mol. The lowest BCUT2D eigenvalue weighted by Crippen LogP contribution is -2.42. The van der Waals surface area contributed by atoms with Crippen molar-refractivity contribution >= 4 is 29.4 Å². The fourth-order valence-electron chi connectivity index (χ4n) is 1.65. The summed E-state index contributed by atoms with van der Waals surface area (Å²) in [6, 6.07) is -0.627. The van der Waals surface area contributed by atoms with Gasteiger partial charge in [0, 0.05) is 6.42 Å². The summed E-state index contributed by atoms with van der Waals surface area (Å²) in [5.74, 6) is -0.603. The maximum Gasteiger partial charge on any atom is 0.243 e. The number of likely N-dealkylation sites (tertiary alicyclic amines) is 1. The molecule has 0 bridgehead atoms. The molecule has 0 aromatic carbocycles. The van der Waals surface area contributed by atoms with Crippen molar-refractivity contribution in [2.75, 3.05) is 0 Å². The Balaban J connectivity index is 2.79. The average Bonchev–Trinajstić information content (AvgIpc) is 2.40. The van der Waals surface area contributed by atoms with Crippen LogP contribution in [0.3, 0.4) is 0 Å². The lowest BCUT2D eigenvalue weighted by atomic mass is 10.2. The lowest BCUT2D eigenvalue weighted by Gasteiger charge is -2.20. The van der Waals surface area contributed by atoms with Gasteiger partial charge in [-0.05, 0) is 19.1 Å². The number of ketones is 1. The van der Waals surface area contributed by atoms with E-state index in [0.717, 1.165) is 4.90 Å². The minimum absolute atomic E-state index is 0.156. The molecule has 1 saturated heterocycles. The molecule has 2 amide bonds. The van der Waals surface area contributed by atoms with Crippen molar-refractivity contribution in [2.45, 2.75) is 50.7 Å². The van der Waals surface area contributed by atoms with Gasteiger partial charge in [-0.1, -0.05) is 13.8 Å². The summed E-state index contributed by atoms with van der Waals surface area (Å²) in [6.07, 6.45) is 0.222. The van der Waals surface area contributed by atoms with Crippen LogP contribution in [0.2, 0.25) is 0 Å². The molecule has 0 aliphatic carbocycles. The number of imide groups is 1. The number of rotatable bonds is 4. The Bertz CT molecular complexity index is 327. The molecule has 90 valence electrons. The van der Waals surface area contributed by atoms with Crippen molar-refractivity contribution in [3.05, 3.63) is 0 Å². The second-order valence-corrected chi connectivity index (χ2v) is 6.05. The number of thioether (sulfide) groups is 1. The van der Waals surface area contributed by atoms with Crippen LogP contribution in [0.1, 0.15) is 34.1 Å². The Morgan fingerprint density at radius 1 is 1.38 bits per heavy atom. The Hall–Kier alpha value is -0.840. The fraction of sp³-hybridized carbons (Fsp3) is 0.727. The first kappa shape index (κ1) is 13.2. The molecule has 1 fully saturated rings. The quantitative estimate of drug-likeness (QED) is 0.697. The molecular formula is C11H17NO3S. The fourth-order valence-corrected chi connectivity index (χ4v) is 2.77. The second-order valence-electron chi connectivity index (χ2n) is 4.27. The van der Waals surface area contributed by atoms with E-state index in [2.05, 4.69) is 0 Å². The minimum atomic E-state index is -0.627. The molecule has 0 N–H and O–H groups in total. The third-order valence-corrected chi connectivity index (χ3v) is 3.79. The highest BCUT2D eigenvalue weighted by Gasteiger charge is 2.42. The number of Topliss-reactive ketones (excluding diaryl/α,β-unsaturated/α-hetero) is 1. The number of hydrogen-bond acceptors (Lipinski definition) is 4. The summed E-state index contributed by atoms with van der Waals surface area (Å²) in [6.45, 7) is 6.97. The van der Waals surface area contributed by atoms with E-state index in [0.29, 0.717) is 5.25 Å². The van der Waals surface area contributed by atoms with Gasteiger partial charge in [-0.25, -0.2) is 0 Å². The maximum atomic E-state index is 11.9. The first-order valence-electron chi connectivity index (χ1n) is 5.36. The van der Waals surface area contributed by atoms with Gasteiger partial charge in [0.25, 0.3) is 0 Å². The Labute approximate surface area is 99.8 Å². The van der Waals surface area contributed by atoms with E-state index in [1.165, 1.54) is 18.7 Å². The van der Waals surface area contributed by atoms with Crippen molar-refractivity contribution in [2.24, 2.45) is 0 Å². The van der Waals surface area contributed by atoms with E-state index in [1.54, 1.807) is 6.92 Å². The summed E-state index contributed by atoms with van der Waals surface area (Å²) >= 11 is 1.48. The smallest absolute Gasteiger partial charge is 0.243 e. The van der Waals surface area contributed by atoms with Crippen LogP contribution in [0, 0.1) is 0 Å². The number of nitrogens with zero attached hydrogens (tertiary/aromatic N) is 1. The van der Waals surface area contributed by atoms with Crippen molar-refractivity contribution < 1.29 is 14.4 Å². The van der Waals surface area contributed by atoms with Crippen LogP contribution in [0.25, 0.3) is 0 Å². The molecule has 0 aromatic heterocycles. The van der Waals surface area contributed by atoms with E-state index < -0.39 is 6.04 Å². The Kier molecular flexibility index (Phi) is 4.13. The number of hydrogen-bond donors (Lipinski definition) is 0. The van der Waals surface area contributed by atoms with E-state index in [9.17, 15) is 14.4 Å². The van der Waals surface area contributed by atoms with Gasteiger partial charge in [-0.15, -0.1) is 11.8 Å². The van der Waals surface area contributed by atoms with E-state index in [-0.39, 0.29) is 29.3 Å². The van der Waals surface area contributed by atoms with Crippen LogP contribution in [0.5, 0.6) is 0 Å². The first-order valence-corrected chi connectivity index (χ1v) is 6.30. The third-order valence-electron chi connectivity index (χ3n) is 2.55. The summed E-state index contributed by atoms with van der Waals surface area (Å²) < 4.78 is 0. The number of carbonyl (C=O) groups excluding carboxylic acids is 3. The summed E-state index contributed by atoms with van der Waals surface area (Å²) in [5.41, 5.74) is 0. The molecule has 4 nitrogen and oxygen atoms in total. The predicted octanol–water partition coefficient (Wildman–Crippen LogP) is 1.23. The zero-order valence-corrected chi connectivity index (χ0v) is 10.8. The lowest BCUT2D eigenvalue weighted by molar-refractivity contribution is -0.144. The Morgan fingerprint density at radius 3 is 2.38 bits per heavy atom. The molecule has 0 saturated carbocycles. The van der Waals surface area contributed by atoms with Crippen LogP contribution in [0.15, 0.2) is 0 Å². The van der Waals surface area contributed by atoms with Crippen LogP contribution in [-0.4, -0.2) is 39.0 Å². The molecule has 1 aliphatic heterocycles.